The number of nitrogens with one attached hydrogen (secondary N) is 1. The van der Waals surface area contributed by atoms with Crippen molar-refractivity contribution in [2.24, 2.45) is 5.73 Å². The molecule has 2 aromatic carbocycles. The molecule has 0 aromatic heterocycles. The molecule has 1 heterocycles. The van der Waals surface area contributed by atoms with Crippen molar-refractivity contribution in [2.45, 2.75) is 32.4 Å². The fraction of sp³-hybridized carbons (Fsp3) is 0.300. The molecule has 0 aliphatic carbocycles. The Morgan fingerprint density at radius 3 is 2.46 bits per heavy atom. The van der Waals surface area contributed by atoms with Crippen LogP contribution in [0, 0.1) is 0 Å². The van der Waals surface area contributed by atoms with Gasteiger partial charge in [-0.05, 0) is 55.8 Å². The molecule has 0 fully saturated rings. The van der Waals surface area contributed by atoms with Crippen molar-refractivity contribution in [3.63, 3.8) is 0 Å². The van der Waals surface area contributed by atoms with E-state index < -0.39 is 5.91 Å². The summed E-state index contributed by atoms with van der Waals surface area (Å²) in [6.45, 7) is 3.63. The number of hydrogen-bond donors (Lipinski definition) is 2. The maximum absolute atomic E-state index is 12.1. The first-order valence-electron chi connectivity index (χ1n) is 8.55. The lowest BCUT2D eigenvalue weighted by Crippen LogP contribution is -2.43. The molecule has 2 amide bonds. The minimum atomic E-state index is -0.449. The second kappa shape index (κ2) is 7.07. The van der Waals surface area contributed by atoms with Gasteiger partial charge in [-0.3, -0.25) is 9.59 Å². The van der Waals surface area contributed by atoms with E-state index in [1.54, 1.807) is 26.2 Å². The Bertz CT molecular complexity index is 833. The predicted octanol–water partition coefficient (Wildman–Crippen LogP) is 3.09. The van der Waals surface area contributed by atoms with Crippen molar-refractivity contribution in [1.82, 2.24) is 0 Å². The first kappa shape index (κ1) is 17.8. The summed E-state index contributed by atoms with van der Waals surface area (Å²) in [7, 11) is 1.63. The highest BCUT2D eigenvalue weighted by Crippen LogP contribution is 2.40. The van der Waals surface area contributed by atoms with Gasteiger partial charge in [-0.2, -0.15) is 0 Å². The number of ether oxygens (including phenoxy) is 1. The molecule has 3 rings (SSSR count). The third-order valence-electron chi connectivity index (χ3n) is 4.74. The van der Waals surface area contributed by atoms with Gasteiger partial charge in [-0.1, -0.05) is 0 Å². The van der Waals surface area contributed by atoms with Crippen molar-refractivity contribution in [3.05, 3.63) is 53.6 Å². The van der Waals surface area contributed by atoms with E-state index in [1.165, 1.54) is 0 Å². The second-order valence-corrected chi connectivity index (χ2v) is 6.54. The highest BCUT2D eigenvalue weighted by atomic mass is 16.5. The van der Waals surface area contributed by atoms with Gasteiger partial charge in [0.2, 0.25) is 11.8 Å². The van der Waals surface area contributed by atoms with E-state index in [4.69, 9.17) is 10.5 Å². The summed E-state index contributed by atoms with van der Waals surface area (Å²) < 4.78 is 5.36. The van der Waals surface area contributed by atoms with E-state index in [-0.39, 0.29) is 18.0 Å². The molecule has 2 atom stereocenters. The lowest BCUT2D eigenvalue weighted by molar-refractivity contribution is -0.117. The molecule has 3 N–H and O–H groups in total. The molecule has 136 valence electrons. The third-order valence-corrected chi connectivity index (χ3v) is 4.74. The monoisotopic (exact) mass is 353 g/mol. The summed E-state index contributed by atoms with van der Waals surface area (Å²) in [4.78, 5) is 25.2. The van der Waals surface area contributed by atoms with Crippen LogP contribution in [0.15, 0.2) is 42.5 Å². The normalized spacial score (nSPS) is 18.8. The van der Waals surface area contributed by atoms with Gasteiger partial charge < -0.3 is 20.7 Å². The number of primary amides is 1. The molecule has 0 saturated heterocycles. The fourth-order valence-electron chi connectivity index (χ4n) is 3.52. The molecular formula is C20H23N3O3. The van der Waals surface area contributed by atoms with Gasteiger partial charge in [0.05, 0.1) is 13.2 Å². The summed E-state index contributed by atoms with van der Waals surface area (Å²) in [5.41, 5.74) is 8.55. The van der Waals surface area contributed by atoms with E-state index in [9.17, 15) is 9.59 Å². The fourth-order valence-corrected chi connectivity index (χ4v) is 3.52. The molecule has 26 heavy (non-hydrogen) atoms. The number of rotatable bonds is 4. The van der Waals surface area contributed by atoms with E-state index in [1.807, 2.05) is 42.2 Å². The maximum Gasteiger partial charge on any atom is 0.248 e. The van der Waals surface area contributed by atoms with Crippen LogP contribution >= 0.6 is 0 Å². The third kappa shape index (κ3) is 3.35. The molecule has 0 saturated carbocycles. The molecule has 1 aliphatic rings. The largest absolute Gasteiger partial charge is 0.497 e. The SMILES string of the molecule is COc1ccc2c(c1)[C@@H](Nc1ccc(C(N)=O)cc1)C[C@@H](C)N2C(C)=O. The molecule has 6 heteroatoms. The molecule has 1 aliphatic heterocycles. The smallest absolute Gasteiger partial charge is 0.248 e. The molecule has 0 spiro atoms. The second-order valence-electron chi connectivity index (χ2n) is 6.54. The summed E-state index contributed by atoms with van der Waals surface area (Å²) in [5, 5.41) is 3.50. The van der Waals surface area contributed by atoms with Gasteiger partial charge in [0, 0.05) is 35.5 Å². The number of fused-ring (bicyclic) bond motifs is 1. The van der Waals surface area contributed by atoms with Crippen molar-refractivity contribution in [3.8, 4) is 5.75 Å². The van der Waals surface area contributed by atoms with Crippen LogP contribution in [0.5, 0.6) is 5.75 Å². The Labute approximate surface area is 152 Å². The molecule has 2 aromatic rings. The molecule has 6 nitrogen and oxygen atoms in total. The number of anilines is 2. The van der Waals surface area contributed by atoms with Crippen LogP contribution in [0.2, 0.25) is 0 Å². The number of methoxy groups -OCH3 is 1. The Kier molecular flexibility index (Phi) is 4.84. The Morgan fingerprint density at radius 1 is 1.19 bits per heavy atom. The van der Waals surface area contributed by atoms with Crippen molar-refractivity contribution in [1.29, 1.82) is 0 Å². The van der Waals surface area contributed by atoms with E-state index in [2.05, 4.69) is 5.32 Å². The lowest BCUT2D eigenvalue weighted by Gasteiger charge is -2.39. The number of carbonyl (C=O) groups excluding carboxylic acids is 2. The van der Waals surface area contributed by atoms with Crippen molar-refractivity contribution >= 4 is 23.2 Å². The Hall–Kier alpha value is -3.02. The topological polar surface area (TPSA) is 84.7 Å². The quantitative estimate of drug-likeness (QED) is 0.884. The zero-order valence-electron chi connectivity index (χ0n) is 15.2. The molecule has 0 unspecified atom stereocenters. The van der Waals surface area contributed by atoms with Crippen molar-refractivity contribution < 1.29 is 14.3 Å². The van der Waals surface area contributed by atoms with Crippen LogP contribution in [-0.2, 0) is 4.79 Å². The highest BCUT2D eigenvalue weighted by molar-refractivity contribution is 5.94. The summed E-state index contributed by atoms with van der Waals surface area (Å²) in [6.07, 6.45) is 0.761. The average molecular weight is 353 g/mol. The van der Waals surface area contributed by atoms with Gasteiger partial charge in [0.1, 0.15) is 5.75 Å². The van der Waals surface area contributed by atoms with Gasteiger partial charge in [-0.15, -0.1) is 0 Å². The number of hydrogen-bond acceptors (Lipinski definition) is 4. The summed E-state index contributed by atoms with van der Waals surface area (Å²) >= 11 is 0. The van der Waals surface area contributed by atoms with E-state index in [0.717, 1.165) is 29.1 Å². The van der Waals surface area contributed by atoms with Crippen LogP contribution in [0.1, 0.15) is 42.2 Å². The first-order chi connectivity index (χ1) is 12.4. The molecule has 0 bridgehead atoms. The standard InChI is InChI=1S/C20H23N3O3/c1-12-10-18(22-15-6-4-14(5-7-15)20(21)25)17-11-16(26-3)8-9-19(17)23(12)13(2)24/h4-9,11-12,18,22H,10H2,1-3H3,(H2,21,25)/t12-,18+/m1/s1. The minimum absolute atomic E-state index is 0.0186. The van der Waals surface area contributed by atoms with Gasteiger partial charge in [0.25, 0.3) is 0 Å². The summed E-state index contributed by atoms with van der Waals surface area (Å²) in [6, 6.07) is 12.9. The van der Waals surface area contributed by atoms with E-state index in [0.29, 0.717) is 5.56 Å². The number of benzene rings is 2. The summed E-state index contributed by atoms with van der Waals surface area (Å²) in [5.74, 6) is 0.320. The first-order valence-corrected chi connectivity index (χ1v) is 8.55. The van der Waals surface area contributed by atoms with Gasteiger partial charge >= 0.3 is 0 Å². The molecular weight excluding hydrogens is 330 g/mol. The number of nitrogens with two attached hydrogens (primary N) is 1. The Morgan fingerprint density at radius 2 is 1.88 bits per heavy atom. The molecule has 0 radical (unpaired) electrons. The van der Waals surface area contributed by atoms with Crippen molar-refractivity contribution in [2.75, 3.05) is 17.3 Å². The number of amides is 2. The predicted molar refractivity (Wildman–Crippen MR) is 102 cm³/mol. The Balaban J connectivity index is 1.95. The average Bonchev–Trinajstić information content (AvgIpc) is 2.61. The highest BCUT2D eigenvalue weighted by Gasteiger charge is 2.32. The van der Waals surface area contributed by atoms with Crippen LogP contribution < -0.4 is 20.7 Å². The minimum Gasteiger partial charge on any atom is -0.497 e. The lowest BCUT2D eigenvalue weighted by atomic mass is 9.91. The number of carbonyl (C=O) groups is 2. The van der Waals surface area contributed by atoms with Gasteiger partial charge in [-0.25, -0.2) is 0 Å². The van der Waals surface area contributed by atoms with E-state index >= 15 is 0 Å². The number of nitrogens with zero attached hydrogens (tertiary/aromatic N) is 1. The van der Waals surface area contributed by atoms with Crippen LogP contribution in [0.3, 0.4) is 0 Å². The zero-order valence-corrected chi connectivity index (χ0v) is 15.2. The van der Waals surface area contributed by atoms with Crippen LogP contribution in [-0.4, -0.2) is 25.0 Å². The van der Waals surface area contributed by atoms with Gasteiger partial charge in [0.15, 0.2) is 0 Å². The van der Waals surface area contributed by atoms with Crippen LogP contribution in [0.25, 0.3) is 0 Å². The van der Waals surface area contributed by atoms with Crippen LogP contribution in [0.4, 0.5) is 11.4 Å². The maximum atomic E-state index is 12.1. The zero-order chi connectivity index (χ0) is 18.8.